The van der Waals surface area contributed by atoms with E-state index in [1.54, 1.807) is 39.7 Å². The molecule has 0 saturated carbocycles. The van der Waals surface area contributed by atoms with Crippen molar-refractivity contribution in [2.45, 2.75) is 6.42 Å². The fourth-order valence-corrected chi connectivity index (χ4v) is 2.88. The van der Waals surface area contributed by atoms with Crippen LogP contribution in [0.2, 0.25) is 0 Å². The average Bonchev–Trinajstić information content (AvgIpc) is 2.61. The molecule has 7 heteroatoms. The van der Waals surface area contributed by atoms with Crippen LogP contribution in [-0.2, 0) is 6.42 Å². The summed E-state index contributed by atoms with van der Waals surface area (Å²) < 4.78 is 16.1. The van der Waals surface area contributed by atoms with E-state index in [1.807, 2.05) is 12.1 Å². The Morgan fingerprint density at radius 3 is 2.12 bits per heavy atom. The van der Waals surface area contributed by atoms with Gasteiger partial charge in [-0.1, -0.05) is 0 Å². The van der Waals surface area contributed by atoms with Gasteiger partial charge in [0.15, 0.2) is 11.5 Å². The second-order valence-corrected chi connectivity index (χ2v) is 5.53. The van der Waals surface area contributed by atoms with Gasteiger partial charge in [-0.25, -0.2) is 0 Å². The number of aromatic nitrogens is 1. The number of ether oxygens (including phenoxy) is 3. The number of hydrogen-bond acceptors (Lipinski definition) is 6. The Labute approximate surface area is 157 Å². The number of pyridine rings is 1. The summed E-state index contributed by atoms with van der Waals surface area (Å²) in [6.07, 6.45) is 2.10. The monoisotopic (exact) mass is 377 g/mol. The summed E-state index contributed by atoms with van der Waals surface area (Å²) in [6, 6.07) is 8.32. The van der Waals surface area contributed by atoms with Crippen molar-refractivity contribution in [3.05, 3.63) is 47.8 Å². The molecule has 1 heterocycles. The summed E-state index contributed by atoms with van der Waals surface area (Å²) in [5.74, 6) is 1.65. The largest absolute Gasteiger partial charge is 0.508 e. The summed E-state index contributed by atoms with van der Waals surface area (Å²) in [6.45, 7) is 0. The van der Waals surface area contributed by atoms with Crippen molar-refractivity contribution < 1.29 is 24.4 Å². The molecule has 6 nitrogen and oxygen atoms in total. The van der Waals surface area contributed by atoms with E-state index < -0.39 is 0 Å². The molecular weight excluding hydrogens is 358 g/mol. The van der Waals surface area contributed by atoms with Crippen LogP contribution in [0.1, 0.15) is 11.3 Å². The Kier molecular flexibility index (Phi) is 6.00. The Hall–Kier alpha value is -2.86. The number of halogens is 1. The van der Waals surface area contributed by atoms with Crippen molar-refractivity contribution in [1.82, 2.24) is 4.98 Å². The highest BCUT2D eigenvalue weighted by Crippen LogP contribution is 2.39. The lowest BCUT2D eigenvalue weighted by molar-refractivity contribution is 0.324. The smallest absolute Gasteiger partial charge is 0.203 e. The maximum atomic E-state index is 10.0. The van der Waals surface area contributed by atoms with Crippen LogP contribution < -0.4 is 14.2 Å². The topological polar surface area (TPSA) is 81.0 Å². The zero-order valence-electron chi connectivity index (χ0n) is 14.6. The first kappa shape index (κ1) is 19.5. The number of hydrogen-bond donors (Lipinski definition) is 2. The summed E-state index contributed by atoms with van der Waals surface area (Å²) in [7, 11) is 4.68. The number of phenolic OH excluding ortho intramolecular Hbond substituents is 2. The molecule has 0 amide bonds. The van der Waals surface area contributed by atoms with Crippen molar-refractivity contribution in [2.75, 3.05) is 21.3 Å². The highest BCUT2D eigenvalue weighted by atomic mass is 35.5. The zero-order chi connectivity index (χ0) is 18.0. The van der Waals surface area contributed by atoms with Crippen LogP contribution in [0.5, 0.6) is 28.7 Å². The Balaban J connectivity index is 0.00000243. The van der Waals surface area contributed by atoms with Gasteiger partial charge in [0.1, 0.15) is 11.5 Å². The number of rotatable bonds is 5. The van der Waals surface area contributed by atoms with Crippen molar-refractivity contribution in [3.8, 4) is 28.7 Å². The van der Waals surface area contributed by atoms with Crippen LogP contribution in [0.3, 0.4) is 0 Å². The molecule has 2 aromatic carbocycles. The summed E-state index contributed by atoms with van der Waals surface area (Å²) in [4.78, 5) is 4.40. The van der Waals surface area contributed by atoms with Gasteiger partial charge in [0.25, 0.3) is 0 Å². The fourth-order valence-electron chi connectivity index (χ4n) is 2.88. The molecule has 2 N–H and O–H groups in total. The lowest BCUT2D eigenvalue weighted by Crippen LogP contribution is -1.99. The van der Waals surface area contributed by atoms with E-state index in [1.165, 1.54) is 6.07 Å². The van der Waals surface area contributed by atoms with Crippen molar-refractivity contribution in [2.24, 2.45) is 0 Å². The molecule has 0 radical (unpaired) electrons. The van der Waals surface area contributed by atoms with Gasteiger partial charge in [0, 0.05) is 29.5 Å². The molecule has 3 rings (SSSR count). The lowest BCUT2D eigenvalue weighted by Gasteiger charge is -2.14. The van der Waals surface area contributed by atoms with Crippen molar-refractivity contribution in [1.29, 1.82) is 0 Å². The molecule has 3 aromatic rings. The highest BCUT2D eigenvalue weighted by Gasteiger charge is 2.15. The lowest BCUT2D eigenvalue weighted by atomic mass is 10.0. The molecule has 1 aromatic heterocycles. The van der Waals surface area contributed by atoms with Gasteiger partial charge in [-0.3, -0.25) is 4.98 Å². The third-order valence-electron chi connectivity index (χ3n) is 4.02. The van der Waals surface area contributed by atoms with Gasteiger partial charge in [-0.2, -0.15) is 0 Å². The van der Waals surface area contributed by atoms with Gasteiger partial charge in [-0.15, -0.1) is 12.4 Å². The molecule has 0 saturated heterocycles. The van der Waals surface area contributed by atoms with Crippen LogP contribution in [0.15, 0.2) is 36.5 Å². The van der Waals surface area contributed by atoms with E-state index in [0.29, 0.717) is 34.4 Å². The van der Waals surface area contributed by atoms with Crippen molar-refractivity contribution in [3.63, 3.8) is 0 Å². The highest BCUT2D eigenvalue weighted by molar-refractivity contribution is 5.91. The number of methoxy groups -OCH3 is 3. The molecule has 26 heavy (non-hydrogen) atoms. The average molecular weight is 378 g/mol. The normalized spacial score (nSPS) is 10.3. The van der Waals surface area contributed by atoms with E-state index in [-0.39, 0.29) is 23.9 Å². The first-order chi connectivity index (χ1) is 12.1. The summed E-state index contributed by atoms with van der Waals surface area (Å²) in [5, 5.41) is 21.1. The van der Waals surface area contributed by atoms with Crippen LogP contribution >= 0.6 is 12.4 Å². The molecule has 0 unspecified atom stereocenters. The zero-order valence-corrected chi connectivity index (χ0v) is 15.5. The minimum absolute atomic E-state index is 0. The Morgan fingerprint density at radius 1 is 0.885 bits per heavy atom. The van der Waals surface area contributed by atoms with E-state index in [0.717, 1.165) is 11.3 Å². The minimum atomic E-state index is -0.0101. The van der Waals surface area contributed by atoms with Crippen LogP contribution in [0.4, 0.5) is 0 Å². The SMILES string of the molecule is COc1cc(Cc2nccc3c(O)cc(O)cc23)cc(OC)c1OC.Cl. The summed E-state index contributed by atoms with van der Waals surface area (Å²) in [5.41, 5.74) is 1.62. The third-order valence-corrected chi connectivity index (χ3v) is 4.02. The number of fused-ring (bicyclic) bond motifs is 1. The van der Waals surface area contributed by atoms with Gasteiger partial charge in [-0.05, 0) is 29.8 Å². The predicted octanol–water partition coefficient (Wildman–Crippen LogP) is 3.68. The third kappa shape index (κ3) is 3.55. The predicted molar refractivity (Wildman–Crippen MR) is 101 cm³/mol. The van der Waals surface area contributed by atoms with E-state index in [2.05, 4.69) is 4.98 Å². The molecule has 0 aliphatic carbocycles. The second kappa shape index (κ2) is 8.01. The van der Waals surface area contributed by atoms with Gasteiger partial charge >= 0.3 is 0 Å². The molecule has 0 fully saturated rings. The Morgan fingerprint density at radius 2 is 1.54 bits per heavy atom. The standard InChI is InChI=1S/C19H19NO5.ClH/c1-23-17-7-11(8-18(24-2)19(17)25-3)6-15-14-9-12(21)10-16(22)13(14)4-5-20-15;/h4-5,7-10,21-22H,6H2,1-3H3;1H. The number of benzene rings is 2. The first-order valence-electron chi connectivity index (χ1n) is 7.65. The molecule has 138 valence electrons. The van der Waals surface area contributed by atoms with Gasteiger partial charge < -0.3 is 24.4 Å². The van der Waals surface area contributed by atoms with Gasteiger partial charge in [0.05, 0.1) is 27.0 Å². The fraction of sp³-hybridized carbons (Fsp3) is 0.211. The minimum Gasteiger partial charge on any atom is -0.508 e. The van der Waals surface area contributed by atoms with Crippen LogP contribution in [-0.4, -0.2) is 36.5 Å². The molecular formula is C19H20ClNO5. The maximum absolute atomic E-state index is 10.0. The molecule has 0 aliphatic heterocycles. The van der Waals surface area contributed by atoms with E-state index >= 15 is 0 Å². The van der Waals surface area contributed by atoms with Crippen LogP contribution in [0, 0.1) is 0 Å². The Bertz CT molecular complexity index is 904. The van der Waals surface area contributed by atoms with E-state index in [4.69, 9.17) is 14.2 Å². The molecule has 0 bridgehead atoms. The number of nitrogens with zero attached hydrogens (tertiary/aromatic N) is 1. The molecule has 0 atom stereocenters. The second-order valence-electron chi connectivity index (χ2n) is 5.53. The molecule has 0 spiro atoms. The van der Waals surface area contributed by atoms with E-state index in [9.17, 15) is 10.2 Å². The van der Waals surface area contributed by atoms with Crippen molar-refractivity contribution >= 4 is 23.2 Å². The molecule has 0 aliphatic rings. The van der Waals surface area contributed by atoms with Crippen LogP contribution in [0.25, 0.3) is 10.8 Å². The summed E-state index contributed by atoms with van der Waals surface area (Å²) >= 11 is 0. The first-order valence-corrected chi connectivity index (χ1v) is 7.65. The number of aromatic hydroxyl groups is 2. The number of phenols is 2. The maximum Gasteiger partial charge on any atom is 0.203 e. The quantitative estimate of drug-likeness (QED) is 0.705. The van der Waals surface area contributed by atoms with Gasteiger partial charge in [0.2, 0.25) is 5.75 Å².